The Labute approximate surface area is 185 Å². The second kappa shape index (κ2) is 8.51. The van der Waals surface area contributed by atoms with Gasteiger partial charge in [-0.15, -0.1) is 0 Å². The lowest BCUT2D eigenvalue weighted by molar-refractivity contribution is 0.602. The molecule has 1 aromatic heterocycles. The predicted octanol–water partition coefficient (Wildman–Crippen LogP) is 4.48. The molecule has 32 heavy (non-hydrogen) atoms. The van der Waals surface area contributed by atoms with E-state index in [1.165, 1.54) is 22.9 Å². The number of sulfone groups is 1. The van der Waals surface area contributed by atoms with Crippen molar-refractivity contribution in [2.75, 3.05) is 6.26 Å². The number of aromatic nitrogens is 2. The molecule has 1 heterocycles. The Balaban J connectivity index is 1.90. The van der Waals surface area contributed by atoms with Gasteiger partial charge in [-0.1, -0.05) is 48.5 Å². The van der Waals surface area contributed by atoms with E-state index in [2.05, 4.69) is 5.10 Å². The van der Waals surface area contributed by atoms with Crippen LogP contribution in [0.1, 0.15) is 11.1 Å². The molecule has 4 aromatic rings. The van der Waals surface area contributed by atoms with Crippen LogP contribution in [0.5, 0.6) is 0 Å². The standard InChI is InChI=1S/C25H21FN2O3S/c1-17-14-20(10-13-23(17)26)24-22(19-8-11-21(12-9-19)32(2,30)31)15-27-28(25(24)29)16-18-6-4-3-5-7-18/h3-15H,16H2,1-2H3. The van der Waals surface area contributed by atoms with Gasteiger partial charge >= 0.3 is 0 Å². The molecule has 0 bridgehead atoms. The first kappa shape index (κ1) is 21.6. The highest BCUT2D eigenvalue weighted by molar-refractivity contribution is 7.90. The molecule has 0 aliphatic carbocycles. The van der Waals surface area contributed by atoms with Crippen molar-refractivity contribution in [2.24, 2.45) is 0 Å². The second-order valence-corrected chi connectivity index (χ2v) is 9.66. The average molecular weight is 449 g/mol. The fraction of sp³-hybridized carbons (Fsp3) is 0.120. The molecule has 0 saturated heterocycles. The predicted molar refractivity (Wildman–Crippen MR) is 123 cm³/mol. The largest absolute Gasteiger partial charge is 0.275 e. The summed E-state index contributed by atoms with van der Waals surface area (Å²) in [6.07, 6.45) is 2.73. The zero-order valence-electron chi connectivity index (χ0n) is 17.6. The van der Waals surface area contributed by atoms with Crippen LogP contribution in [-0.2, 0) is 16.4 Å². The van der Waals surface area contributed by atoms with Crippen molar-refractivity contribution in [1.82, 2.24) is 9.78 Å². The van der Waals surface area contributed by atoms with Crippen molar-refractivity contribution in [3.63, 3.8) is 0 Å². The summed E-state index contributed by atoms with van der Waals surface area (Å²) < 4.78 is 38.9. The number of aryl methyl sites for hydroxylation is 1. The Kier molecular flexibility index (Phi) is 5.76. The quantitative estimate of drug-likeness (QED) is 0.452. The van der Waals surface area contributed by atoms with Crippen LogP contribution in [0.25, 0.3) is 22.3 Å². The number of hydrogen-bond donors (Lipinski definition) is 0. The highest BCUT2D eigenvalue weighted by atomic mass is 32.2. The molecular formula is C25H21FN2O3S. The van der Waals surface area contributed by atoms with Crippen LogP contribution in [0.2, 0.25) is 0 Å². The van der Waals surface area contributed by atoms with E-state index in [0.29, 0.717) is 34.4 Å². The van der Waals surface area contributed by atoms with Crippen LogP contribution in [0, 0.1) is 12.7 Å². The van der Waals surface area contributed by atoms with Gasteiger partial charge in [-0.05, 0) is 53.4 Å². The number of hydrogen-bond acceptors (Lipinski definition) is 4. The van der Waals surface area contributed by atoms with Crippen molar-refractivity contribution in [3.8, 4) is 22.3 Å². The Hall–Kier alpha value is -3.58. The lowest BCUT2D eigenvalue weighted by atomic mass is 9.96. The molecule has 0 N–H and O–H groups in total. The SMILES string of the molecule is Cc1cc(-c2c(-c3ccc(S(C)(=O)=O)cc3)cnn(Cc3ccccc3)c2=O)ccc1F. The van der Waals surface area contributed by atoms with E-state index in [1.807, 2.05) is 30.3 Å². The van der Waals surface area contributed by atoms with Gasteiger partial charge in [0.2, 0.25) is 0 Å². The van der Waals surface area contributed by atoms with Crippen molar-refractivity contribution >= 4 is 9.84 Å². The number of nitrogens with zero attached hydrogens (tertiary/aromatic N) is 2. The summed E-state index contributed by atoms with van der Waals surface area (Å²) in [6, 6.07) is 20.3. The number of benzene rings is 3. The van der Waals surface area contributed by atoms with Gasteiger partial charge in [-0.25, -0.2) is 17.5 Å². The van der Waals surface area contributed by atoms with Crippen molar-refractivity contribution in [2.45, 2.75) is 18.4 Å². The van der Waals surface area contributed by atoms with Gasteiger partial charge in [-0.2, -0.15) is 5.10 Å². The summed E-state index contributed by atoms with van der Waals surface area (Å²) in [4.78, 5) is 13.7. The Morgan fingerprint density at radius 2 is 1.59 bits per heavy atom. The van der Waals surface area contributed by atoms with E-state index >= 15 is 0 Å². The smallest absolute Gasteiger partial charge is 0.267 e. The van der Waals surface area contributed by atoms with Crippen LogP contribution in [0.4, 0.5) is 4.39 Å². The first-order valence-corrected chi connectivity index (χ1v) is 11.8. The summed E-state index contributed by atoms with van der Waals surface area (Å²) >= 11 is 0. The summed E-state index contributed by atoms with van der Waals surface area (Å²) in [5, 5.41) is 4.36. The molecule has 0 amide bonds. The van der Waals surface area contributed by atoms with Gasteiger partial charge in [0, 0.05) is 11.8 Å². The van der Waals surface area contributed by atoms with E-state index in [9.17, 15) is 17.6 Å². The minimum atomic E-state index is -3.35. The number of rotatable bonds is 5. The van der Waals surface area contributed by atoms with Crippen LogP contribution in [0.15, 0.2) is 88.7 Å². The van der Waals surface area contributed by atoms with Crippen LogP contribution in [0.3, 0.4) is 0 Å². The summed E-state index contributed by atoms with van der Waals surface area (Å²) in [6.45, 7) is 1.93. The molecule has 4 rings (SSSR count). The molecule has 0 unspecified atom stereocenters. The minimum absolute atomic E-state index is 0.186. The molecular weight excluding hydrogens is 427 g/mol. The van der Waals surface area contributed by atoms with E-state index in [0.717, 1.165) is 11.8 Å². The van der Waals surface area contributed by atoms with Crippen molar-refractivity contribution in [1.29, 1.82) is 0 Å². The Morgan fingerprint density at radius 3 is 2.22 bits per heavy atom. The van der Waals surface area contributed by atoms with E-state index < -0.39 is 9.84 Å². The minimum Gasteiger partial charge on any atom is -0.267 e. The van der Waals surface area contributed by atoms with Gasteiger partial charge in [-0.3, -0.25) is 4.79 Å². The molecule has 0 fully saturated rings. The fourth-order valence-corrected chi connectivity index (χ4v) is 4.17. The molecule has 7 heteroatoms. The zero-order chi connectivity index (χ0) is 22.9. The van der Waals surface area contributed by atoms with Crippen molar-refractivity contribution < 1.29 is 12.8 Å². The molecule has 0 saturated carbocycles. The van der Waals surface area contributed by atoms with Gasteiger partial charge in [0.15, 0.2) is 9.84 Å². The maximum atomic E-state index is 13.9. The number of halogens is 1. The van der Waals surface area contributed by atoms with Crippen molar-refractivity contribution in [3.05, 3.63) is 106 Å². The van der Waals surface area contributed by atoms with Crippen LogP contribution < -0.4 is 5.56 Å². The van der Waals surface area contributed by atoms with E-state index in [4.69, 9.17) is 0 Å². The highest BCUT2D eigenvalue weighted by Gasteiger charge is 2.17. The average Bonchev–Trinajstić information content (AvgIpc) is 2.77. The Morgan fingerprint density at radius 1 is 0.938 bits per heavy atom. The summed E-state index contributed by atoms with van der Waals surface area (Å²) in [5.41, 5.74) is 3.17. The summed E-state index contributed by atoms with van der Waals surface area (Å²) in [7, 11) is -3.35. The molecule has 0 atom stereocenters. The lowest BCUT2D eigenvalue weighted by Gasteiger charge is -2.14. The zero-order valence-corrected chi connectivity index (χ0v) is 18.4. The molecule has 5 nitrogen and oxygen atoms in total. The third-order valence-electron chi connectivity index (χ3n) is 5.26. The maximum absolute atomic E-state index is 13.9. The molecule has 3 aromatic carbocycles. The molecule has 0 aliphatic rings. The van der Waals surface area contributed by atoms with E-state index in [-0.39, 0.29) is 16.3 Å². The van der Waals surface area contributed by atoms with Gasteiger partial charge < -0.3 is 0 Å². The second-order valence-electron chi connectivity index (χ2n) is 7.64. The lowest BCUT2D eigenvalue weighted by Crippen LogP contribution is -2.25. The van der Waals surface area contributed by atoms with E-state index in [1.54, 1.807) is 37.4 Å². The topological polar surface area (TPSA) is 69.0 Å². The molecule has 0 aliphatic heterocycles. The molecule has 162 valence electrons. The maximum Gasteiger partial charge on any atom is 0.275 e. The molecule has 0 spiro atoms. The van der Waals surface area contributed by atoms with Gasteiger partial charge in [0.1, 0.15) is 5.82 Å². The summed E-state index contributed by atoms with van der Waals surface area (Å²) in [5.74, 6) is -0.355. The highest BCUT2D eigenvalue weighted by Crippen LogP contribution is 2.30. The monoisotopic (exact) mass is 448 g/mol. The third kappa shape index (κ3) is 4.38. The first-order chi connectivity index (χ1) is 15.2. The fourth-order valence-electron chi connectivity index (χ4n) is 3.54. The van der Waals surface area contributed by atoms with Crippen LogP contribution in [-0.4, -0.2) is 24.5 Å². The first-order valence-electron chi connectivity index (χ1n) is 9.95. The van der Waals surface area contributed by atoms with Crippen LogP contribution >= 0.6 is 0 Å². The normalized spacial score (nSPS) is 11.5. The van der Waals surface area contributed by atoms with Gasteiger partial charge in [0.25, 0.3) is 5.56 Å². The molecule has 0 radical (unpaired) electrons. The van der Waals surface area contributed by atoms with Gasteiger partial charge in [0.05, 0.1) is 23.2 Å². The third-order valence-corrected chi connectivity index (χ3v) is 6.39. The Bertz CT molecular complexity index is 1450.